The Labute approximate surface area is 164 Å². The van der Waals surface area contributed by atoms with Gasteiger partial charge in [0, 0.05) is 28.6 Å². The van der Waals surface area contributed by atoms with Crippen molar-refractivity contribution in [3.63, 3.8) is 0 Å². The van der Waals surface area contributed by atoms with Crippen LogP contribution >= 0.6 is 27.3 Å². The number of Topliss-reactive ketones (excluding diaryl/α,β-unsaturated/α-hetero) is 1. The van der Waals surface area contributed by atoms with Crippen molar-refractivity contribution in [3.8, 4) is 0 Å². The molecule has 26 heavy (non-hydrogen) atoms. The molecule has 1 unspecified atom stereocenters. The van der Waals surface area contributed by atoms with E-state index >= 15 is 0 Å². The first-order chi connectivity index (χ1) is 12.5. The summed E-state index contributed by atoms with van der Waals surface area (Å²) in [5, 5.41) is 12.8. The van der Waals surface area contributed by atoms with Crippen molar-refractivity contribution in [1.82, 2.24) is 4.90 Å². The molecule has 1 aliphatic heterocycles. The third-order valence-corrected chi connectivity index (χ3v) is 5.94. The van der Waals surface area contributed by atoms with Crippen molar-refractivity contribution < 1.29 is 19.4 Å². The van der Waals surface area contributed by atoms with Crippen LogP contribution in [0.2, 0.25) is 0 Å². The largest absolute Gasteiger partial charge is 0.507 e. The number of aliphatic hydroxyl groups excluding tert-OH is 1. The predicted octanol–water partition coefficient (Wildman–Crippen LogP) is 3.89. The fraction of sp³-hybridized carbons (Fsp3) is 0.263. The van der Waals surface area contributed by atoms with E-state index in [2.05, 4.69) is 15.9 Å². The zero-order chi connectivity index (χ0) is 18.8. The van der Waals surface area contributed by atoms with Crippen LogP contribution in [0.3, 0.4) is 0 Å². The van der Waals surface area contributed by atoms with Crippen molar-refractivity contribution in [3.05, 3.63) is 61.8 Å². The van der Waals surface area contributed by atoms with E-state index in [1.807, 2.05) is 18.4 Å². The number of hydrogen-bond donors (Lipinski definition) is 1. The minimum absolute atomic E-state index is 0.124. The Kier molecular flexibility index (Phi) is 5.60. The Bertz CT molecular complexity index is 872. The monoisotopic (exact) mass is 435 g/mol. The third kappa shape index (κ3) is 3.34. The van der Waals surface area contributed by atoms with E-state index in [0.29, 0.717) is 12.2 Å². The fourth-order valence-corrected chi connectivity index (χ4v) is 4.31. The number of ketones is 1. The zero-order valence-electron chi connectivity index (χ0n) is 14.4. The molecule has 2 heterocycles. The maximum Gasteiger partial charge on any atom is 0.295 e. The first-order valence-corrected chi connectivity index (χ1v) is 9.70. The van der Waals surface area contributed by atoms with Gasteiger partial charge in [0.1, 0.15) is 5.76 Å². The van der Waals surface area contributed by atoms with Gasteiger partial charge in [-0.1, -0.05) is 28.1 Å². The van der Waals surface area contributed by atoms with Crippen LogP contribution in [0.25, 0.3) is 5.76 Å². The normalized spacial score (nSPS) is 19.3. The van der Waals surface area contributed by atoms with Gasteiger partial charge in [-0.25, -0.2) is 0 Å². The Balaban J connectivity index is 2.15. The first kappa shape index (κ1) is 18.8. The van der Waals surface area contributed by atoms with Crippen LogP contribution in [-0.2, 0) is 14.3 Å². The Morgan fingerprint density at radius 2 is 1.96 bits per heavy atom. The summed E-state index contributed by atoms with van der Waals surface area (Å²) in [5.74, 6) is -1.44. The number of aryl methyl sites for hydroxylation is 1. The van der Waals surface area contributed by atoms with Gasteiger partial charge in [0.2, 0.25) is 0 Å². The molecule has 0 spiro atoms. The Morgan fingerprint density at radius 1 is 1.27 bits per heavy atom. The maximum atomic E-state index is 12.7. The summed E-state index contributed by atoms with van der Waals surface area (Å²) in [6.07, 6.45) is 0. The number of amides is 1. The number of carbonyl (C=O) groups is 2. The minimum Gasteiger partial charge on any atom is -0.507 e. The third-order valence-electron chi connectivity index (χ3n) is 4.34. The number of halogens is 1. The van der Waals surface area contributed by atoms with Crippen LogP contribution in [0.15, 0.2) is 45.8 Å². The molecule has 1 aliphatic rings. The quantitative estimate of drug-likeness (QED) is 0.439. The van der Waals surface area contributed by atoms with Crippen LogP contribution in [-0.4, -0.2) is 42.0 Å². The van der Waals surface area contributed by atoms with E-state index in [4.69, 9.17) is 4.74 Å². The highest BCUT2D eigenvalue weighted by Gasteiger charge is 2.46. The summed E-state index contributed by atoms with van der Waals surface area (Å²) >= 11 is 4.82. The summed E-state index contributed by atoms with van der Waals surface area (Å²) in [5.41, 5.74) is 1.60. The number of rotatable bonds is 5. The van der Waals surface area contributed by atoms with E-state index in [0.717, 1.165) is 14.9 Å². The molecule has 0 saturated carbocycles. The molecule has 5 nitrogen and oxygen atoms in total. The summed E-state index contributed by atoms with van der Waals surface area (Å²) in [7, 11) is 1.55. The van der Waals surface area contributed by atoms with Crippen molar-refractivity contribution >= 4 is 44.7 Å². The molecule has 0 bridgehead atoms. The molecule has 1 saturated heterocycles. The second kappa shape index (κ2) is 7.73. The fourth-order valence-electron chi connectivity index (χ4n) is 3.00. The van der Waals surface area contributed by atoms with E-state index in [1.165, 1.54) is 16.2 Å². The SMILES string of the molecule is COCCN1C(=O)C(=O)/C(=C(\O)c2ccc(Br)cc2)C1c1sccc1C. The number of aliphatic hydroxyl groups is 1. The molecule has 1 atom stereocenters. The highest BCUT2D eigenvalue weighted by Crippen LogP contribution is 2.42. The number of carbonyl (C=O) groups excluding carboxylic acids is 2. The molecule has 1 aromatic heterocycles. The lowest BCUT2D eigenvalue weighted by Gasteiger charge is -2.24. The van der Waals surface area contributed by atoms with Crippen molar-refractivity contribution in [2.45, 2.75) is 13.0 Å². The lowest BCUT2D eigenvalue weighted by Crippen LogP contribution is -2.32. The summed E-state index contributed by atoms with van der Waals surface area (Å²) < 4.78 is 5.95. The molecule has 3 rings (SSSR count). The number of benzene rings is 1. The van der Waals surface area contributed by atoms with Gasteiger partial charge in [-0.3, -0.25) is 9.59 Å². The van der Waals surface area contributed by atoms with E-state index in [1.54, 1.807) is 31.4 Å². The van der Waals surface area contributed by atoms with Crippen LogP contribution in [0.4, 0.5) is 0 Å². The Morgan fingerprint density at radius 3 is 2.54 bits per heavy atom. The minimum atomic E-state index is -0.667. The van der Waals surface area contributed by atoms with Gasteiger partial charge in [0.05, 0.1) is 18.2 Å². The molecule has 136 valence electrons. The highest BCUT2D eigenvalue weighted by molar-refractivity contribution is 9.10. The Hall–Kier alpha value is -1.96. The number of thiophene rings is 1. The zero-order valence-corrected chi connectivity index (χ0v) is 16.8. The van der Waals surface area contributed by atoms with E-state index < -0.39 is 17.7 Å². The molecular formula is C19H18BrNO4S. The second-order valence-electron chi connectivity index (χ2n) is 5.96. The number of ether oxygens (including phenoxy) is 1. The van der Waals surface area contributed by atoms with Gasteiger partial charge in [-0.2, -0.15) is 0 Å². The van der Waals surface area contributed by atoms with Gasteiger partial charge in [0.15, 0.2) is 0 Å². The van der Waals surface area contributed by atoms with E-state index in [-0.39, 0.29) is 17.9 Å². The van der Waals surface area contributed by atoms with Crippen LogP contribution in [0.1, 0.15) is 22.0 Å². The van der Waals surface area contributed by atoms with E-state index in [9.17, 15) is 14.7 Å². The molecular weight excluding hydrogens is 418 g/mol. The number of nitrogens with zero attached hydrogens (tertiary/aromatic N) is 1. The standard InChI is InChI=1S/C19H18BrNO4S/c1-11-7-10-26-18(11)15-14(16(22)12-3-5-13(20)6-4-12)17(23)19(24)21(15)8-9-25-2/h3-7,10,15,22H,8-9H2,1-2H3/b16-14-. The highest BCUT2D eigenvalue weighted by atomic mass is 79.9. The van der Waals surface area contributed by atoms with Crippen molar-refractivity contribution in [1.29, 1.82) is 0 Å². The van der Waals surface area contributed by atoms with Crippen LogP contribution in [0.5, 0.6) is 0 Å². The average Bonchev–Trinajstić information content (AvgIpc) is 3.15. The number of likely N-dealkylation sites (tertiary alicyclic amines) is 1. The molecule has 1 aromatic carbocycles. The number of methoxy groups -OCH3 is 1. The topological polar surface area (TPSA) is 66.8 Å². The summed E-state index contributed by atoms with van der Waals surface area (Å²) in [6.45, 7) is 2.52. The van der Waals surface area contributed by atoms with Gasteiger partial charge >= 0.3 is 0 Å². The lowest BCUT2D eigenvalue weighted by molar-refractivity contribution is -0.140. The smallest absolute Gasteiger partial charge is 0.295 e. The van der Waals surface area contributed by atoms with Gasteiger partial charge < -0.3 is 14.7 Å². The molecule has 1 amide bonds. The van der Waals surface area contributed by atoms with Crippen molar-refractivity contribution in [2.24, 2.45) is 0 Å². The average molecular weight is 436 g/mol. The number of hydrogen-bond acceptors (Lipinski definition) is 5. The molecule has 0 radical (unpaired) electrons. The molecule has 7 heteroatoms. The predicted molar refractivity (Wildman–Crippen MR) is 104 cm³/mol. The summed E-state index contributed by atoms with van der Waals surface area (Å²) in [4.78, 5) is 27.7. The van der Waals surface area contributed by atoms with Gasteiger partial charge in [-0.05, 0) is 36.1 Å². The second-order valence-corrected chi connectivity index (χ2v) is 7.82. The summed E-state index contributed by atoms with van der Waals surface area (Å²) in [6, 6.07) is 8.31. The first-order valence-electron chi connectivity index (χ1n) is 8.03. The molecule has 2 aromatic rings. The molecule has 1 N–H and O–H groups in total. The van der Waals surface area contributed by atoms with Gasteiger partial charge in [0.25, 0.3) is 11.7 Å². The molecule has 0 aliphatic carbocycles. The van der Waals surface area contributed by atoms with Gasteiger partial charge in [-0.15, -0.1) is 11.3 Å². The van der Waals surface area contributed by atoms with Crippen LogP contribution < -0.4 is 0 Å². The van der Waals surface area contributed by atoms with Crippen LogP contribution in [0, 0.1) is 6.92 Å². The maximum absolute atomic E-state index is 12.7. The van der Waals surface area contributed by atoms with Crippen molar-refractivity contribution in [2.75, 3.05) is 20.3 Å². The molecule has 1 fully saturated rings. The lowest BCUT2D eigenvalue weighted by atomic mass is 9.98.